The largest absolute Gasteiger partial charge is 0.457 e. The second-order valence-corrected chi connectivity index (χ2v) is 7.60. The molecule has 1 aromatic heterocycles. The molecule has 0 saturated carbocycles. The van der Waals surface area contributed by atoms with Gasteiger partial charge in [-0.25, -0.2) is 4.79 Å². The van der Waals surface area contributed by atoms with Crippen LogP contribution in [0.1, 0.15) is 26.5 Å². The van der Waals surface area contributed by atoms with Crippen LogP contribution < -0.4 is 0 Å². The third-order valence-electron chi connectivity index (χ3n) is 4.23. The molecule has 2 aromatic carbocycles. The molecule has 0 radical (unpaired) electrons. The minimum absolute atomic E-state index is 0.0198. The summed E-state index contributed by atoms with van der Waals surface area (Å²) in [6.07, 6.45) is 6.83. The van der Waals surface area contributed by atoms with Crippen LogP contribution in [0.15, 0.2) is 68.8 Å². The van der Waals surface area contributed by atoms with Crippen molar-refractivity contribution in [3.05, 3.63) is 81.4 Å². The molecule has 0 amide bonds. The maximum absolute atomic E-state index is 12.5. The minimum atomic E-state index is -0.602. The predicted octanol–water partition coefficient (Wildman–Crippen LogP) is 5.72. The predicted molar refractivity (Wildman–Crippen MR) is 113 cm³/mol. The lowest BCUT2D eigenvalue weighted by atomic mass is 10.1. The van der Waals surface area contributed by atoms with Crippen molar-refractivity contribution in [1.29, 1.82) is 0 Å². The normalized spacial score (nSPS) is 13.9. The lowest BCUT2D eigenvalue weighted by Gasteiger charge is -2.05. The molecule has 0 bridgehead atoms. The molecule has 0 N–H and O–H groups in total. The fourth-order valence-electron chi connectivity index (χ4n) is 2.87. The first kappa shape index (κ1) is 19.1. The van der Waals surface area contributed by atoms with Crippen LogP contribution >= 0.6 is 23.4 Å². The fraction of sp³-hybridized carbons (Fsp3) is 0.0435. The molecular formula is C23H13ClO4S. The molecule has 1 aliphatic rings. The van der Waals surface area contributed by atoms with Gasteiger partial charge in [-0.3, -0.25) is 4.79 Å². The van der Waals surface area contributed by atoms with Crippen molar-refractivity contribution in [2.45, 2.75) is 4.90 Å². The number of allylic oxidation sites excluding steroid dienone is 1. The van der Waals surface area contributed by atoms with Gasteiger partial charge in [0, 0.05) is 16.0 Å². The Morgan fingerprint density at radius 2 is 2.03 bits per heavy atom. The fourth-order valence-corrected chi connectivity index (χ4v) is 4.10. The first-order valence-electron chi connectivity index (χ1n) is 8.60. The number of Topliss-reactive ketones (excluding diaryl/α,β-unsaturated/α-hetero) is 1. The zero-order valence-corrected chi connectivity index (χ0v) is 16.5. The summed E-state index contributed by atoms with van der Waals surface area (Å²) in [6.45, 7) is -0.133. The Bertz CT molecular complexity index is 1200. The molecule has 29 heavy (non-hydrogen) atoms. The number of hydrogen-bond acceptors (Lipinski definition) is 5. The highest BCUT2D eigenvalue weighted by molar-refractivity contribution is 8.04. The van der Waals surface area contributed by atoms with Crippen LogP contribution in [-0.2, 0) is 4.74 Å². The molecule has 2 heterocycles. The van der Waals surface area contributed by atoms with Crippen molar-refractivity contribution < 1.29 is 18.7 Å². The highest BCUT2D eigenvalue weighted by atomic mass is 35.5. The Morgan fingerprint density at radius 3 is 2.83 bits per heavy atom. The zero-order chi connectivity index (χ0) is 20.4. The number of furan rings is 1. The van der Waals surface area contributed by atoms with E-state index >= 15 is 0 Å². The summed E-state index contributed by atoms with van der Waals surface area (Å²) in [5.41, 5.74) is 1.55. The Labute approximate surface area is 176 Å². The Kier molecular flexibility index (Phi) is 5.30. The summed E-state index contributed by atoms with van der Waals surface area (Å²) in [5.74, 6) is 2.69. The van der Waals surface area contributed by atoms with Gasteiger partial charge in [-0.15, -0.1) is 6.42 Å². The molecule has 3 aromatic rings. The van der Waals surface area contributed by atoms with Gasteiger partial charge >= 0.3 is 5.97 Å². The molecule has 0 unspecified atom stereocenters. The van der Waals surface area contributed by atoms with E-state index in [9.17, 15) is 9.59 Å². The molecular weight excluding hydrogens is 408 g/mol. The number of ketones is 1. The molecule has 0 spiro atoms. The van der Waals surface area contributed by atoms with E-state index in [0.29, 0.717) is 27.6 Å². The van der Waals surface area contributed by atoms with Crippen molar-refractivity contribution in [1.82, 2.24) is 0 Å². The number of hydrogen-bond donors (Lipinski definition) is 0. The van der Waals surface area contributed by atoms with Gasteiger partial charge in [-0.1, -0.05) is 41.4 Å². The third kappa shape index (κ3) is 3.86. The van der Waals surface area contributed by atoms with Gasteiger partial charge in [-0.05, 0) is 48.5 Å². The molecule has 4 nitrogen and oxygen atoms in total. The molecule has 0 atom stereocenters. The first-order valence-corrected chi connectivity index (χ1v) is 9.80. The topological polar surface area (TPSA) is 56.5 Å². The molecule has 0 saturated heterocycles. The molecule has 142 valence electrons. The maximum Gasteiger partial charge on any atom is 0.340 e. The summed E-state index contributed by atoms with van der Waals surface area (Å²) >= 11 is 7.52. The molecule has 4 rings (SSSR count). The molecule has 0 fully saturated rings. The number of fused-ring (bicyclic) bond motifs is 1. The number of carbonyl (C=O) groups is 2. The Hall–Kier alpha value is -3.20. The third-order valence-corrected chi connectivity index (χ3v) is 5.66. The second kappa shape index (κ2) is 8.04. The number of terminal acetylenes is 1. The maximum atomic E-state index is 12.5. The van der Waals surface area contributed by atoms with E-state index in [1.807, 2.05) is 24.3 Å². The van der Waals surface area contributed by atoms with Crippen LogP contribution in [0.2, 0.25) is 5.02 Å². The summed E-state index contributed by atoms with van der Waals surface area (Å²) < 4.78 is 10.8. The Balaban J connectivity index is 1.60. The van der Waals surface area contributed by atoms with Crippen LogP contribution in [0, 0.1) is 12.3 Å². The van der Waals surface area contributed by atoms with Crippen molar-refractivity contribution in [3.63, 3.8) is 0 Å². The highest BCUT2D eigenvalue weighted by Crippen LogP contribution is 2.41. The van der Waals surface area contributed by atoms with Gasteiger partial charge in [0.2, 0.25) is 5.78 Å². The quantitative estimate of drug-likeness (QED) is 0.307. The van der Waals surface area contributed by atoms with Crippen molar-refractivity contribution in [2.75, 3.05) is 6.61 Å². The molecule has 1 aliphatic heterocycles. The highest BCUT2D eigenvalue weighted by Gasteiger charge is 2.25. The smallest absolute Gasteiger partial charge is 0.340 e. The van der Waals surface area contributed by atoms with Gasteiger partial charge in [0.05, 0.1) is 15.5 Å². The van der Waals surface area contributed by atoms with Gasteiger partial charge in [-0.2, -0.15) is 0 Å². The minimum Gasteiger partial charge on any atom is -0.457 e. The van der Waals surface area contributed by atoms with Crippen LogP contribution in [0.25, 0.3) is 17.4 Å². The number of benzene rings is 2. The van der Waals surface area contributed by atoms with Crippen molar-refractivity contribution in [3.8, 4) is 23.7 Å². The average molecular weight is 421 g/mol. The number of ether oxygens (including phenoxy) is 1. The van der Waals surface area contributed by atoms with E-state index in [-0.39, 0.29) is 23.0 Å². The monoisotopic (exact) mass is 420 g/mol. The lowest BCUT2D eigenvalue weighted by Crippen LogP contribution is -2.06. The zero-order valence-electron chi connectivity index (χ0n) is 15.0. The molecule has 0 aliphatic carbocycles. The summed E-state index contributed by atoms with van der Waals surface area (Å²) in [5, 5.41) is 0.260. The van der Waals surface area contributed by atoms with Crippen LogP contribution in [-0.4, -0.2) is 18.4 Å². The standard InChI is InChI=1S/C23H13ClO4S/c1-2-11-27-23(26)17-12-14(7-9-18(17)24)19-10-8-15(28-19)13-21-22(25)16-5-3-4-6-20(16)29-21/h1,3-10,12-13H,11H2/b21-13-. The van der Waals surface area contributed by atoms with E-state index in [1.165, 1.54) is 11.8 Å². The van der Waals surface area contributed by atoms with Crippen molar-refractivity contribution in [2.24, 2.45) is 0 Å². The van der Waals surface area contributed by atoms with Crippen LogP contribution in [0.5, 0.6) is 0 Å². The van der Waals surface area contributed by atoms with E-state index < -0.39 is 5.97 Å². The van der Waals surface area contributed by atoms with Gasteiger partial charge in [0.15, 0.2) is 6.61 Å². The number of thioether (sulfide) groups is 1. The van der Waals surface area contributed by atoms with Crippen molar-refractivity contribution >= 4 is 41.2 Å². The van der Waals surface area contributed by atoms with Crippen LogP contribution in [0.3, 0.4) is 0 Å². The summed E-state index contributed by atoms with van der Waals surface area (Å²) in [7, 11) is 0. The average Bonchev–Trinajstić information content (AvgIpc) is 3.32. The Morgan fingerprint density at radius 1 is 1.21 bits per heavy atom. The van der Waals surface area contributed by atoms with E-state index in [1.54, 1.807) is 36.4 Å². The van der Waals surface area contributed by atoms with Gasteiger partial charge < -0.3 is 9.15 Å². The van der Waals surface area contributed by atoms with Gasteiger partial charge in [0.1, 0.15) is 11.5 Å². The summed E-state index contributed by atoms with van der Waals surface area (Å²) in [6, 6.07) is 15.9. The van der Waals surface area contributed by atoms with E-state index in [2.05, 4.69) is 5.92 Å². The second-order valence-electron chi connectivity index (χ2n) is 6.11. The number of esters is 1. The summed E-state index contributed by atoms with van der Waals surface area (Å²) in [4.78, 5) is 26.1. The van der Waals surface area contributed by atoms with E-state index in [0.717, 1.165) is 4.90 Å². The van der Waals surface area contributed by atoms with Crippen LogP contribution in [0.4, 0.5) is 0 Å². The van der Waals surface area contributed by atoms with E-state index in [4.69, 9.17) is 27.2 Å². The number of carbonyl (C=O) groups excluding carboxylic acids is 2. The lowest BCUT2D eigenvalue weighted by molar-refractivity contribution is 0.0557. The SMILES string of the molecule is C#CCOC(=O)c1cc(-c2ccc(/C=C3\Sc4ccccc4C3=O)o2)ccc1Cl. The van der Waals surface area contributed by atoms with Gasteiger partial charge in [0.25, 0.3) is 0 Å². The number of rotatable bonds is 4. The first-order chi connectivity index (χ1) is 14.1. The molecule has 6 heteroatoms. The number of halogens is 1.